The number of hydrogen-bond acceptors (Lipinski definition) is 2. The summed E-state index contributed by atoms with van der Waals surface area (Å²) in [7, 11) is 0. The predicted octanol–water partition coefficient (Wildman–Crippen LogP) is 5.08. The van der Waals surface area contributed by atoms with Crippen LogP contribution < -0.4 is 4.74 Å². The highest BCUT2D eigenvalue weighted by Gasteiger charge is 2.05. The van der Waals surface area contributed by atoms with Gasteiger partial charge >= 0.3 is 0 Å². The standard InChI is InChI=1S/C15H15N3O/c1-2-10-19-15-9-8-13(11-14(15)17-18-16)12-6-4-3-5-7-12/h3-9,11H,2,10H2,1H3. The largest absolute Gasteiger partial charge is 0.493 e. The van der Waals surface area contributed by atoms with Crippen molar-refractivity contribution in [2.24, 2.45) is 5.11 Å². The fraction of sp³-hybridized carbons (Fsp3) is 0.200. The van der Waals surface area contributed by atoms with Crippen molar-refractivity contribution in [1.29, 1.82) is 0 Å². The third kappa shape index (κ3) is 3.27. The van der Waals surface area contributed by atoms with Crippen LogP contribution in [0.25, 0.3) is 21.6 Å². The van der Waals surface area contributed by atoms with Crippen molar-refractivity contribution in [3.63, 3.8) is 0 Å². The van der Waals surface area contributed by atoms with Crippen molar-refractivity contribution in [2.75, 3.05) is 6.61 Å². The van der Waals surface area contributed by atoms with Gasteiger partial charge in [0.1, 0.15) is 5.75 Å². The van der Waals surface area contributed by atoms with E-state index in [1.807, 2.05) is 55.5 Å². The molecule has 0 amide bonds. The molecule has 0 heterocycles. The Morgan fingerprint density at radius 2 is 1.89 bits per heavy atom. The Hall–Kier alpha value is -2.45. The van der Waals surface area contributed by atoms with Crippen LogP contribution in [0.1, 0.15) is 13.3 Å². The first kappa shape index (κ1) is 13.0. The lowest BCUT2D eigenvalue weighted by molar-refractivity contribution is 0.318. The van der Waals surface area contributed by atoms with E-state index in [1.54, 1.807) is 0 Å². The Balaban J connectivity index is 2.38. The lowest BCUT2D eigenvalue weighted by atomic mass is 10.1. The second-order valence-corrected chi connectivity index (χ2v) is 4.09. The SMILES string of the molecule is CCCOc1ccc(-c2ccccc2)cc1N=[N+]=[N-]. The average Bonchev–Trinajstić information content (AvgIpc) is 2.47. The molecule has 0 atom stereocenters. The summed E-state index contributed by atoms with van der Waals surface area (Å²) >= 11 is 0. The second kappa shape index (κ2) is 6.47. The number of benzene rings is 2. The molecule has 0 aromatic heterocycles. The number of nitrogens with zero attached hydrogens (tertiary/aromatic N) is 3. The van der Waals surface area contributed by atoms with Crippen LogP contribution in [0, 0.1) is 0 Å². The van der Waals surface area contributed by atoms with Gasteiger partial charge in [0, 0.05) is 4.91 Å². The third-order valence-electron chi connectivity index (χ3n) is 2.68. The molecular weight excluding hydrogens is 238 g/mol. The van der Waals surface area contributed by atoms with Crippen LogP contribution in [0.5, 0.6) is 5.75 Å². The number of ether oxygens (including phenoxy) is 1. The molecule has 0 fully saturated rings. The molecule has 0 unspecified atom stereocenters. The van der Waals surface area contributed by atoms with Gasteiger partial charge in [-0.2, -0.15) is 0 Å². The monoisotopic (exact) mass is 253 g/mol. The molecule has 0 saturated heterocycles. The van der Waals surface area contributed by atoms with Crippen molar-refractivity contribution >= 4 is 5.69 Å². The maximum Gasteiger partial charge on any atom is 0.128 e. The van der Waals surface area contributed by atoms with Gasteiger partial charge in [-0.3, -0.25) is 0 Å². The predicted molar refractivity (Wildman–Crippen MR) is 76.5 cm³/mol. The number of rotatable bonds is 5. The van der Waals surface area contributed by atoms with Crippen LogP contribution in [0.15, 0.2) is 53.6 Å². The van der Waals surface area contributed by atoms with Gasteiger partial charge in [0.2, 0.25) is 0 Å². The number of azide groups is 1. The molecule has 0 bridgehead atoms. The van der Waals surface area contributed by atoms with Crippen molar-refractivity contribution < 1.29 is 4.74 Å². The van der Waals surface area contributed by atoms with E-state index in [1.165, 1.54) is 0 Å². The van der Waals surface area contributed by atoms with Gasteiger partial charge in [0.25, 0.3) is 0 Å². The summed E-state index contributed by atoms with van der Waals surface area (Å²) < 4.78 is 5.56. The van der Waals surface area contributed by atoms with Crippen molar-refractivity contribution in [2.45, 2.75) is 13.3 Å². The highest BCUT2D eigenvalue weighted by Crippen LogP contribution is 2.33. The van der Waals surface area contributed by atoms with E-state index in [-0.39, 0.29) is 0 Å². The Morgan fingerprint density at radius 1 is 1.11 bits per heavy atom. The van der Waals surface area contributed by atoms with Gasteiger partial charge in [-0.1, -0.05) is 48.4 Å². The van der Waals surface area contributed by atoms with E-state index in [9.17, 15) is 0 Å². The molecule has 96 valence electrons. The molecule has 0 radical (unpaired) electrons. The van der Waals surface area contributed by atoms with Crippen molar-refractivity contribution in [3.05, 3.63) is 59.0 Å². The summed E-state index contributed by atoms with van der Waals surface area (Å²) in [5.41, 5.74) is 11.2. The molecule has 0 aliphatic rings. The number of hydrogen-bond donors (Lipinski definition) is 0. The molecule has 19 heavy (non-hydrogen) atoms. The first-order valence-corrected chi connectivity index (χ1v) is 6.22. The first-order chi connectivity index (χ1) is 9.35. The zero-order valence-electron chi connectivity index (χ0n) is 10.8. The van der Waals surface area contributed by atoms with Crippen molar-refractivity contribution in [3.8, 4) is 16.9 Å². The minimum Gasteiger partial charge on any atom is -0.493 e. The maximum atomic E-state index is 8.63. The molecule has 2 rings (SSSR count). The quantitative estimate of drug-likeness (QED) is 0.416. The molecule has 0 saturated carbocycles. The summed E-state index contributed by atoms with van der Waals surface area (Å²) in [6.45, 7) is 2.64. The van der Waals surface area contributed by atoms with Crippen LogP contribution in [0.4, 0.5) is 5.69 Å². The molecule has 0 N–H and O–H groups in total. The van der Waals surface area contributed by atoms with Gasteiger partial charge in [-0.25, -0.2) is 0 Å². The normalized spacial score (nSPS) is 9.74. The van der Waals surface area contributed by atoms with E-state index in [0.29, 0.717) is 18.0 Å². The molecule has 0 aliphatic carbocycles. The van der Waals surface area contributed by atoms with Crippen LogP contribution in [-0.4, -0.2) is 6.61 Å². The average molecular weight is 253 g/mol. The molecule has 4 nitrogen and oxygen atoms in total. The molecule has 0 spiro atoms. The molecule has 4 heteroatoms. The van der Waals surface area contributed by atoms with E-state index >= 15 is 0 Å². The van der Waals surface area contributed by atoms with Crippen LogP contribution in [0.3, 0.4) is 0 Å². The Bertz CT molecular complexity index is 590. The van der Waals surface area contributed by atoms with Gasteiger partial charge in [-0.05, 0) is 35.2 Å². The summed E-state index contributed by atoms with van der Waals surface area (Å²) in [5, 5.41) is 3.70. The van der Waals surface area contributed by atoms with Crippen LogP contribution in [-0.2, 0) is 0 Å². The molecule has 0 aliphatic heterocycles. The zero-order chi connectivity index (χ0) is 13.5. The van der Waals surface area contributed by atoms with Gasteiger partial charge < -0.3 is 4.74 Å². The van der Waals surface area contributed by atoms with E-state index in [2.05, 4.69) is 10.0 Å². The lowest BCUT2D eigenvalue weighted by Crippen LogP contribution is -1.95. The fourth-order valence-corrected chi connectivity index (χ4v) is 1.79. The van der Waals surface area contributed by atoms with Gasteiger partial charge in [0.05, 0.1) is 12.3 Å². The molecule has 2 aromatic carbocycles. The Morgan fingerprint density at radius 3 is 2.58 bits per heavy atom. The van der Waals surface area contributed by atoms with E-state index in [4.69, 9.17) is 10.3 Å². The van der Waals surface area contributed by atoms with Crippen molar-refractivity contribution in [1.82, 2.24) is 0 Å². The fourth-order valence-electron chi connectivity index (χ4n) is 1.79. The van der Waals surface area contributed by atoms with Crippen LogP contribution in [0.2, 0.25) is 0 Å². The summed E-state index contributed by atoms with van der Waals surface area (Å²) in [4.78, 5) is 2.85. The minimum absolute atomic E-state index is 0.525. The van der Waals surface area contributed by atoms with Gasteiger partial charge in [0.15, 0.2) is 0 Å². The lowest BCUT2D eigenvalue weighted by Gasteiger charge is -2.09. The van der Waals surface area contributed by atoms with E-state index in [0.717, 1.165) is 17.5 Å². The zero-order valence-corrected chi connectivity index (χ0v) is 10.8. The summed E-state index contributed by atoms with van der Waals surface area (Å²) in [5.74, 6) is 0.624. The second-order valence-electron chi connectivity index (χ2n) is 4.09. The highest BCUT2D eigenvalue weighted by molar-refractivity contribution is 5.70. The Kier molecular flexibility index (Phi) is 4.43. The Labute approximate surface area is 112 Å². The highest BCUT2D eigenvalue weighted by atomic mass is 16.5. The summed E-state index contributed by atoms with van der Waals surface area (Å²) in [6.07, 6.45) is 0.913. The minimum atomic E-state index is 0.525. The third-order valence-corrected chi connectivity index (χ3v) is 2.68. The first-order valence-electron chi connectivity index (χ1n) is 6.22. The molecule has 2 aromatic rings. The van der Waals surface area contributed by atoms with Crippen LogP contribution >= 0.6 is 0 Å². The topological polar surface area (TPSA) is 58.0 Å². The molecular formula is C15H15N3O. The maximum absolute atomic E-state index is 8.63. The van der Waals surface area contributed by atoms with Gasteiger partial charge in [-0.15, -0.1) is 0 Å². The summed E-state index contributed by atoms with van der Waals surface area (Å²) in [6, 6.07) is 15.6. The van der Waals surface area contributed by atoms with E-state index < -0.39 is 0 Å². The smallest absolute Gasteiger partial charge is 0.128 e.